The number of Topliss-reactive ketones (excluding diaryl/α,β-unsaturated/α-hetero) is 1. The Morgan fingerprint density at radius 3 is 2.17 bits per heavy atom. The van der Waals surface area contributed by atoms with Crippen LogP contribution in [-0.2, 0) is 15.0 Å². The number of benzene rings is 1. The number of piperidine rings is 1. The molecule has 0 amide bonds. The summed E-state index contributed by atoms with van der Waals surface area (Å²) in [6.07, 6.45) is 4.46. The first-order valence-electron chi connectivity index (χ1n) is 8.16. The molecule has 2 aliphatic rings. The fraction of sp³-hybridized carbons (Fsp3) is 0.556. The smallest absolute Gasteiger partial charge is 0.314 e. The van der Waals surface area contributed by atoms with Crippen molar-refractivity contribution in [2.45, 2.75) is 50.0 Å². The molecule has 1 saturated heterocycles. The van der Waals surface area contributed by atoms with E-state index in [-0.39, 0.29) is 12.4 Å². The minimum absolute atomic E-state index is 0. The summed E-state index contributed by atoms with van der Waals surface area (Å²) in [7, 11) is 0. The van der Waals surface area contributed by atoms with Gasteiger partial charge in [0.25, 0.3) is 0 Å². The quantitative estimate of drug-likeness (QED) is 0.921. The predicted octanol–water partition coefficient (Wildman–Crippen LogP) is 3.04. The second-order valence-corrected chi connectivity index (χ2v) is 6.56. The second kappa shape index (κ2) is 7.45. The summed E-state index contributed by atoms with van der Waals surface area (Å²) in [5.41, 5.74) is 0.193. The number of rotatable bonds is 3. The number of aliphatic carboxylic acids is 1. The van der Waals surface area contributed by atoms with Crippen LogP contribution in [0.2, 0.25) is 0 Å². The monoisotopic (exact) mass is 337 g/mol. The van der Waals surface area contributed by atoms with E-state index < -0.39 is 11.4 Å². The molecule has 1 heterocycles. The summed E-state index contributed by atoms with van der Waals surface area (Å²) in [6, 6.07) is 10.1. The van der Waals surface area contributed by atoms with Gasteiger partial charge >= 0.3 is 5.97 Å². The molecule has 1 aliphatic heterocycles. The van der Waals surface area contributed by atoms with E-state index in [9.17, 15) is 14.7 Å². The molecule has 5 heteroatoms. The van der Waals surface area contributed by atoms with Crippen molar-refractivity contribution in [1.29, 1.82) is 0 Å². The Hall–Kier alpha value is -1.39. The number of hydrogen-bond donors (Lipinski definition) is 1. The zero-order valence-electron chi connectivity index (χ0n) is 13.2. The molecule has 0 aromatic heterocycles. The molecule has 0 spiro atoms. The summed E-state index contributed by atoms with van der Waals surface area (Å²) in [5, 5.41) is 9.82. The molecule has 0 atom stereocenters. The van der Waals surface area contributed by atoms with Crippen LogP contribution in [0.15, 0.2) is 30.3 Å². The van der Waals surface area contributed by atoms with Crippen LogP contribution in [0, 0.1) is 0 Å². The molecule has 0 radical (unpaired) electrons. The van der Waals surface area contributed by atoms with E-state index in [0.717, 1.165) is 31.5 Å². The first-order valence-corrected chi connectivity index (χ1v) is 8.16. The lowest BCUT2D eigenvalue weighted by Gasteiger charge is -2.42. The van der Waals surface area contributed by atoms with Crippen molar-refractivity contribution >= 4 is 24.2 Å². The summed E-state index contributed by atoms with van der Waals surface area (Å²) >= 11 is 0. The molecule has 1 aliphatic carbocycles. The highest BCUT2D eigenvalue weighted by Crippen LogP contribution is 2.41. The van der Waals surface area contributed by atoms with Gasteiger partial charge < -0.3 is 5.11 Å². The maximum absolute atomic E-state index is 11.9. The average Bonchev–Trinajstić information content (AvgIpc) is 2.56. The lowest BCUT2D eigenvalue weighted by molar-refractivity contribution is -0.145. The van der Waals surface area contributed by atoms with Gasteiger partial charge in [0, 0.05) is 32.0 Å². The van der Waals surface area contributed by atoms with Crippen LogP contribution in [-0.4, -0.2) is 40.9 Å². The highest BCUT2D eigenvalue weighted by Gasteiger charge is 2.44. The number of hydrogen-bond acceptors (Lipinski definition) is 3. The molecule has 1 aromatic carbocycles. The van der Waals surface area contributed by atoms with Crippen molar-refractivity contribution < 1.29 is 14.7 Å². The summed E-state index contributed by atoms with van der Waals surface area (Å²) in [5.74, 6) is -0.345. The first kappa shape index (κ1) is 18.0. The third-order valence-corrected chi connectivity index (χ3v) is 5.42. The Labute approximate surface area is 143 Å². The van der Waals surface area contributed by atoms with E-state index in [2.05, 4.69) is 4.90 Å². The number of halogens is 1. The maximum Gasteiger partial charge on any atom is 0.314 e. The molecule has 126 valence electrons. The molecular formula is C18H24ClNO3. The maximum atomic E-state index is 11.9. The predicted molar refractivity (Wildman–Crippen MR) is 91.1 cm³/mol. The fourth-order valence-electron chi connectivity index (χ4n) is 3.98. The first-order chi connectivity index (χ1) is 10.6. The van der Waals surface area contributed by atoms with E-state index in [1.807, 2.05) is 30.3 Å². The Kier molecular flexibility index (Phi) is 5.82. The van der Waals surface area contributed by atoms with Gasteiger partial charge in [0.2, 0.25) is 0 Å². The minimum Gasteiger partial charge on any atom is -0.481 e. The third kappa shape index (κ3) is 3.59. The molecular weight excluding hydrogens is 314 g/mol. The number of carbonyl (C=O) groups is 2. The number of carboxylic acid groups (broad SMARTS) is 1. The van der Waals surface area contributed by atoms with E-state index in [1.54, 1.807) is 0 Å². The number of likely N-dealkylation sites (tertiary alicyclic amines) is 1. The van der Waals surface area contributed by atoms with Crippen molar-refractivity contribution in [3.05, 3.63) is 35.9 Å². The van der Waals surface area contributed by atoms with Crippen LogP contribution in [0.25, 0.3) is 0 Å². The normalized spacial score (nSPS) is 28.9. The van der Waals surface area contributed by atoms with Crippen LogP contribution in [0.1, 0.15) is 44.1 Å². The van der Waals surface area contributed by atoms with Gasteiger partial charge in [0.05, 0.1) is 5.41 Å². The fourth-order valence-corrected chi connectivity index (χ4v) is 3.98. The molecule has 1 N–H and O–H groups in total. The van der Waals surface area contributed by atoms with Crippen molar-refractivity contribution in [1.82, 2.24) is 4.90 Å². The average molecular weight is 338 g/mol. The van der Waals surface area contributed by atoms with Gasteiger partial charge in [-0.05, 0) is 31.2 Å². The van der Waals surface area contributed by atoms with Crippen LogP contribution in [0.3, 0.4) is 0 Å². The number of nitrogens with zero attached hydrogens (tertiary/aromatic N) is 1. The summed E-state index contributed by atoms with van der Waals surface area (Å²) in [4.78, 5) is 25.7. The molecule has 0 unspecified atom stereocenters. The summed E-state index contributed by atoms with van der Waals surface area (Å²) < 4.78 is 0. The third-order valence-electron chi connectivity index (χ3n) is 5.42. The molecule has 3 rings (SSSR count). The molecule has 2 fully saturated rings. The van der Waals surface area contributed by atoms with Crippen LogP contribution >= 0.6 is 12.4 Å². The number of carboxylic acids is 1. The van der Waals surface area contributed by atoms with Crippen molar-refractivity contribution in [3.8, 4) is 0 Å². The van der Waals surface area contributed by atoms with Crippen molar-refractivity contribution in [3.63, 3.8) is 0 Å². The van der Waals surface area contributed by atoms with E-state index >= 15 is 0 Å². The lowest BCUT2D eigenvalue weighted by atomic mass is 9.68. The molecule has 1 saturated carbocycles. The standard InChI is InChI=1S/C18H23NO3.ClH/c20-16-8-12-19(13-9-16)15-6-10-18(11-7-15,17(21)22)14-4-2-1-3-5-14;/h1-5,15H,6-13H2,(H,21,22);1H/t15-,18-;. The van der Waals surface area contributed by atoms with Gasteiger partial charge in [0.15, 0.2) is 0 Å². The summed E-state index contributed by atoms with van der Waals surface area (Å²) in [6.45, 7) is 1.68. The molecule has 1 aromatic rings. The van der Waals surface area contributed by atoms with Gasteiger partial charge in [-0.25, -0.2) is 0 Å². The zero-order valence-corrected chi connectivity index (χ0v) is 14.1. The van der Waals surface area contributed by atoms with Gasteiger partial charge in [-0.3, -0.25) is 14.5 Å². The molecule has 4 nitrogen and oxygen atoms in total. The van der Waals surface area contributed by atoms with Crippen LogP contribution in [0.5, 0.6) is 0 Å². The van der Waals surface area contributed by atoms with Gasteiger partial charge in [-0.2, -0.15) is 0 Å². The van der Waals surface area contributed by atoms with Crippen molar-refractivity contribution in [2.24, 2.45) is 0 Å². The van der Waals surface area contributed by atoms with Crippen LogP contribution in [0.4, 0.5) is 0 Å². The Morgan fingerprint density at radius 1 is 1.09 bits per heavy atom. The van der Waals surface area contributed by atoms with Gasteiger partial charge in [0.1, 0.15) is 5.78 Å². The van der Waals surface area contributed by atoms with E-state index in [4.69, 9.17) is 0 Å². The lowest BCUT2D eigenvalue weighted by Crippen LogP contribution is -2.48. The zero-order chi connectivity index (χ0) is 15.6. The Balaban J connectivity index is 0.00000192. The Bertz CT molecular complexity index is 543. The number of carbonyl (C=O) groups excluding carboxylic acids is 1. The minimum atomic E-state index is -0.733. The van der Waals surface area contributed by atoms with E-state index in [1.165, 1.54) is 0 Å². The Morgan fingerprint density at radius 2 is 1.65 bits per heavy atom. The molecule has 0 bridgehead atoms. The second-order valence-electron chi connectivity index (χ2n) is 6.56. The molecule has 23 heavy (non-hydrogen) atoms. The van der Waals surface area contributed by atoms with Crippen molar-refractivity contribution in [2.75, 3.05) is 13.1 Å². The highest BCUT2D eigenvalue weighted by molar-refractivity contribution is 5.85. The SMILES string of the molecule is Cl.O=C1CCN([C@H]2CC[C@@](C(=O)O)(c3ccccc3)CC2)CC1. The van der Waals surface area contributed by atoms with Gasteiger partial charge in [-0.1, -0.05) is 30.3 Å². The number of ketones is 1. The largest absolute Gasteiger partial charge is 0.481 e. The topological polar surface area (TPSA) is 57.6 Å². The van der Waals surface area contributed by atoms with E-state index in [0.29, 0.717) is 37.5 Å². The van der Waals surface area contributed by atoms with Gasteiger partial charge in [-0.15, -0.1) is 12.4 Å². The van der Waals surface area contributed by atoms with Crippen LogP contribution < -0.4 is 0 Å². The highest BCUT2D eigenvalue weighted by atomic mass is 35.5.